The summed E-state index contributed by atoms with van der Waals surface area (Å²) in [6.07, 6.45) is 0.594. The molecule has 1 aromatic carbocycles. The molecule has 5 nitrogen and oxygen atoms in total. The lowest BCUT2D eigenvalue weighted by Gasteiger charge is -2.16. The Kier molecular flexibility index (Phi) is 3.98. The molecule has 1 unspecified atom stereocenters. The number of rotatable bonds is 4. The average Bonchev–Trinajstić information content (AvgIpc) is 2.85. The van der Waals surface area contributed by atoms with Crippen molar-refractivity contribution in [3.05, 3.63) is 17.2 Å². The number of benzene rings is 1. The Labute approximate surface area is 113 Å². The lowest BCUT2D eigenvalue weighted by molar-refractivity contribution is -0.141. The van der Waals surface area contributed by atoms with Crippen molar-refractivity contribution in [1.82, 2.24) is 8.75 Å². The van der Waals surface area contributed by atoms with Crippen molar-refractivity contribution in [3.8, 4) is 0 Å². The summed E-state index contributed by atoms with van der Waals surface area (Å²) in [6.45, 7) is 1.89. The molecule has 0 saturated heterocycles. The van der Waals surface area contributed by atoms with Crippen molar-refractivity contribution in [2.45, 2.75) is 19.4 Å². The van der Waals surface area contributed by atoms with E-state index in [2.05, 4.69) is 14.1 Å². The molecule has 18 heavy (non-hydrogen) atoms. The molecule has 0 amide bonds. The van der Waals surface area contributed by atoms with Gasteiger partial charge in [0, 0.05) is 0 Å². The molecule has 1 N–H and O–H groups in total. The van der Waals surface area contributed by atoms with Crippen molar-refractivity contribution < 1.29 is 9.53 Å². The van der Waals surface area contributed by atoms with Gasteiger partial charge in [-0.05, 0) is 18.6 Å². The van der Waals surface area contributed by atoms with Crippen LogP contribution in [0.1, 0.15) is 13.3 Å². The number of hydrogen-bond donors (Lipinski definition) is 1. The van der Waals surface area contributed by atoms with Gasteiger partial charge in [-0.15, -0.1) is 0 Å². The molecule has 0 saturated carbocycles. The Hall–Kier alpha value is -1.40. The maximum atomic E-state index is 11.6. The van der Waals surface area contributed by atoms with E-state index < -0.39 is 6.04 Å². The Balaban J connectivity index is 2.38. The number of carbonyl (C=O) groups excluding carboxylic acids is 1. The van der Waals surface area contributed by atoms with E-state index in [0.717, 1.165) is 17.2 Å². The van der Waals surface area contributed by atoms with E-state index in [1.54, 1.807) is 12.1 Å². The van der Waals surface area contributed by atoms with E-state index in [9.17, 15) is 4.79 Å². The molecule has 1 atom stereocenters. The van der Waals surface area contributed by atoms with Crippen LogP contribution in [0.4, 0.5) is 5.69 Å². The largest absolute Gasteiger partial charge is 0.467 e. The third kappa shape index (κ3) is 2.39. The van der Waals surface area contributed by atoms with Gasteiger partial charge in [0.15, 0.2) is 0 Å². The fourth-order valence-electron chi connectivity index (χ4n) is 1.61. The van der Waals surface area contributed by atoms with Crippen LogP contribution in [0.2, 0.25) is 5.02 Å². The number of fused-ring (bicyclic) bond motifs is 1. The summed E-state index contributed by atoms with van der Waals surface area (Å²) in [7, 11) is 1.36. The monoisotopic (exact) mass is 285 g/mol. The van der Waals surface area contributed by atoms with Crippen molar-refractivity contribution in [2.75, 3.05) is 12.4 Å². The molecule has 0 radical (unpaired) electrons. The smallest absolute Gasteiger partial charge is 0.328 e. The van der Waals surface area contributed by atoms with Crippen molar-refractivity contribution >= 4 is 46.0 Å². The summed E-state index contributed by atoms with van der Waals surface area (Å²) in [6, 6.07) is 3.09. The number of methoxy groups -OCH3 is 1. The van der Waals surface area contributed by atoms with Crippen LogP contribution < -0.4 is 5.32 Å². The Bertz CT molecular complexity index is 572. The molecule has 0 aliphatic rings. The Morgan fingerprint density at radius 1 is 1.56 bits per heavy atom. The van der Waals surface area contributed by atoms with Crippen LogP contribution in [0.15, 0.2) is 12.1 Å². The standard InChI is InChI=1S/C11H12ClN3O2S/c1-3-7(11(16)17-2)13-9-6(12)4-5-8-10(9)15-18-14-8/h4-5,7,13H,3H2,1-2H3. The van der Waals surface area contributed by atoms with Gasteiger partial charge in [-0.2, -0.15) is 8.75 Å². The van der Waals surface area contributed by atoms with Crippen molar-refractivity contribution in [2.24, 2.45) is 0 Å². The van der Waals surface area contributed by atoms with Gasteiger partial charge in [0.2, 0.25) is 0 Å². The van der Waals surface area contributed by atoms with Gasteiger partial charge in [0.05, 0.1) is 29.5 Å². The second-order valence-electron chi connectivity index (χ2n) is 3.68. The molecule has 0 spiro atoms. The highest BCUT2D eigenvalue weighted by Gasteiger charge is 2.20. The zero-order valence-corrected chi connectivity index (χ0v) is 11.5. The van der Waals surface area contributed by atoms with E-state index in [0.29, 0.717) is 22.6 Å². The zero-order chi connectivity index (χ0) is 13.1. The first-order chi connectivity index (χ1) is 8.67. The van der Waals surface area contributed by atoms with Crippen molar-refractivity contribution in [1.29, 1.82) is 0 Å². The van der Waals surface area contributed by atoms with E-state index in [1.807, 2.05) is 6.92 Å². The molecule has 1 aromatic heterocycles. The lowest BCUT2D eigenvalue weighted by Crippen LogP contribution is -2.30. The maximum Gasteiger partial charge on any atom is 0.328 e. The molecule has 2 rings (SSSR count). The van der Waals surface area contributed by atoms with E-state index >= 15 is 0 Å². The summed E-state index contributed by atoms with van der Waals surface area (Å²) >= 11 is 7.24. The average molecular weight is 286 g/mol. The minimum atomic E-state index is -0.445. The van der Waals surface area contributed by atoms with Gasteiger partial charge in [-0.25, -0.2) is 4.79 Å². The summed E-state index contributed by atoms with van der Waals surface area (Å²) in [5.41, 5.74) is 2.06. The molecular formula is C11H12ClN3O2S. The van der Waals surface area contributed by atoms with Gasteiger partial charge in [-0.1, -0.05) is 18.5 Å². The molecule has 96 valence electrons. The minimum Gasteiger partial charge on any atom is -0.467 e. The minimum absolute atomic E-state index is 0.325. The van der Waals surface area contributed by atoms with E-state index in [-0.39, 0.29) is 5.97 Å². The Morgan fingerprint density at radius 3 is 3.00 bits per heavy atom. The second kappa shape index (κ2) is 5.49. The SMILES string of the molecule is CCC(Nc1c(Cl)ccc2nsnc12)C(=O)OC. The molecule has 1 heterocycles. The van der Waals surface area contributed by atoms with Crippen LogP contribution in [-0.4, -0.2) is 27.9 Å². The summed E-state index contributed by atoms with van der Waals surface area (Å²) in [4.78, 5) is 11.6. The van der Waals surface area contributed by atoms with Crippen molar-refractivity contribution in [3.63, 3.8) is 0 Å². The highest BCUT2D eigenvalue weighted by atomic mass is 35.5. The predicted octanol–water partition coefficient (Wildman–Crippen LogP) is 2.71. The number of carbonyl (C=O) groups is 1. The first kappa shape index (κ1) is 13.0. The second-order valence-corrected chi connectivity index (χ2v) is 4.62. The maximum absolute atomic E-state index is 11.6. The fraction of sp³-hybridized carbons (Fsp3) is 0.364. The lowest BCUT2D eigenvalue weighted by atomic mass is 10.2. The fourth-order valence-corrected chi connectivity index (χ4v) is 2.36. The molecule has 2 aromatic rings. The van der Waals surface area contributed by atoms with E-state index in [4.69, 9.17) is 16.3 Å². The van der Waals surface area contributed by atoms with Gasteiger partial charge < -0.3 is 10.1 Å². The van der Waals surface area contributed by atoms with Gasteiger partial charge in [0.1, 0.15) is 17.1 Å². The molecule has 0 fully saturated rings. The van der Waals surface area contributed by atoms with Crippen LogP contribution in [-0.2, 0) is 9.53 Å². The molecule has 0 aliphatic heterocycles. The number of halogens is 1. The third-order valence-electron chi connectivity index (χ3n) is 2.59. The van der Waals surface area contributed by atoms with Crippen LogP contribution in [0.5, 0.6) is 0 Å². The van der Waals surface area contributed by atoms with Gasteiger partial charge in [-0.3, -0.25) is 0 Å². The third-order valence-corrected chi connectivity index (χ3v) is 3.45. The van der Waals surface area contributed by atoms with Crippen LogP contribution >= 0.6 is 23.3 Å². The first-order valence-corrected chi connectivity index (χ1v) is 6.53. The summed E-state index contributed by atoms with van der Waals surface area (Å²) < 4.78 is 13.0. The van der Waals surface area contributed by atoms with Crippen LogP contribution in [0, 0.1) is 0 Å². The van der Waals surface area contributed by atoms with Crippen LogP contribution in [0.3, 0.4) is 0 Å². The number of ether oxygens (including phenoxy) is 1. The van der Waals surface area contributed by atoms with Gasteiger partial charge in [0.25, 0.3) is 0 Å². The first-order valence-electron chi connectivity index (χ1n) is 5.42. The zero-order valence-electron chi connectivity index (χ0n) is 9.94. The number of hydrogen-bond acceptors (Lipinski definition) is 6. The Morgan fingerprint density at radius 2 is 2.33 bits per heavy atom. The quantitative estimate of drug-likeness (QED) is 0.875. The number of esters is 1. The molecule has 0 bridgehead atoms. The summed E-state index contributed by atoms with van der Waals surface area (Å²) in [5.74, 6) is -0.325. The predicted molar refractivity (Wildman–Crippen MR) is 72.1 cm³/mol. The normalized spacial score (nSPS) is 12.4. The van der Waals surface area contributed by atoms with E-state index in [1.165, 1.54) is 7.11 Å². The number of anilines is 1. The highest BCUT2D eigenvalue weighted by Crippen LogP contribution is 2.30. The topological polar surface area (TPSA) is 64.1 Å². The molecular weight excluding hydrogens is 274 g/mol. The molecule has 7 heteroatoms. The number of nitrogens with one attached hydrogen (secondary N) is 1. The molecule has 0 aliphatic carbocycles. The van der Waals surface area contributed by atoms with Gasteiger partial charge >= 0.3 is 5.97 Å². The number of aromatic nitrogens is 2. The highest BCUT2D eigenvalue weighted by molar-refractivity contribution is 7.00. The van der Waals surface area contributed by atoms with Crippen LogP contribution in [0.25, 0.3) is 11.0 Å². The number of nitrogens with zero attached hydrogens (tertiary/aromatic N) is 2. The summed E-state index contributed by atoms with van der Waals surface area (Å²) in [5, 5.41) is 3.59.